The zero-order chi connectivity index (χ0) is 12.5. The predicted octanol–water partition coefficient (Wildman–Crippen LogP) is 2.13. The van der Waals surface area contributed by atoms with Gasteiger partial charge in [0.2, 0.25) is 10.0 Å². The number of nitrogen functional groups attached to an aromatic ring is 1. The monoisotopic (exact) mass is 286 g/mol. The molecule has 0 spiro atoms. The van der Waals surface area contributed by atoms with E-state index >= 15 is 0 Å². The number of nitrogens with two attached hydrogens (primary N) is 2. The van der Waals surface area contributed by atoms with Gasteiger partial charge >= 0.3 is 0 Å². The molecule has 2 aromatic rings. The molecule has 0 unspecified atom stereocenters. The molecule has 17 heavy (non-hydrogen) atoms. The van der Waals surface area contributed by atoms with E-state index < -0.39 is 10.0 Å². The van der Waals surface area contributed by atoms with E-state index in [0.29, 0.717) is 10.6 Å². The van der Waals surface area contributed by atoms with Gasteiger partial charge in [-0.1, -0.05) is 17.8 Å². The van der Waals surface area contributed by atoms with Gasteiger partial charge in [0.15, 0.2) is 0 Å². The Bertz CT molecular complexity index is 621. The van der Waals surface area contributed by atoms with Gasteiger partial charge in [-0.25, -0.2) is 13.6 Å². The fourth-order valence-electron chi connectivity index (χ4n) is 1.21. The number of rotatable bonds is 3. The van der Waals surface area contributed by atoms with E-state index in [0.717, 1.165) is 4.21 Å². The first-order valence-electron chi connectivity index (χ1n) is 4.60. The van der Waals surface area contributed by atoms with Crippen LogP contribution in [0.4, 0.5) is 5.69 Å². The van der Waals surface area contributed by atoms with E-state index in [1.165, 1.54) is 23.9 Å². The minimum absolute atomic E-state index is 0.0748. The average Bonchev–Trinajstić information content (AvgIpc) is 2.72. The maximum atomic E-state index is 11.2. The van der Waals surface area contributed by atoms with Gasteiger partial charge in [-0.15, -0.1) is 11.3 Å². The largest absolute Gasteiger partial charge is 0.398 e. The number of hydrogen-bond acceptors (Lipinski definition) is 5. The lowest BCUT2D eigenvalue weighted by atomic mass is 10.3. The molecule has 1 aromatic carbocycles. The van der Waals surface area contributed by atoms with Crippen LogP contribution in [0.25, 0.3) is 0 Å². The van der Waals surface area contributed by atoms with Crippen molar-refractivity contribution in [2.75, 3.05) is 5.73 Å². The normalized spacial score (nSPS) is 11.6. The van der Waals surface area contributed by atoms with E-state index in [-0.39, 0.29) is 4.90 Å². The van der Waals surface area contributed by atoms with Gasteiger partial charge in [-0.2, -0.15) is 0 Å². The summed E-state index contributed by atoms with van der Waals surface area (Å²) in [4.78, 5) is 0.768. The highest BCUT2D eigenvalue weighted by Crippen LogP contribution is 2.35. The third-order valence-corrected chi connectivity index (χ3v) is 5.04. The summed E-state index contributed by atoms with van der Waals surface area (Å²) < 4.78 is 23.5. The third kappa shape index (κ3) is 3.01. The molecule has 0 amide bonds. The summed E-state index contributed by atoms with van der Waals surface area (Å²) in [5.41, 5.74) is 6.34. The Morgan fingerprint density at radius 3 is 2.59 bits per heavy atom. The second kappa shape index (κ2) is 4.69. The van der Waals surface area contributed by atoms with Gasteiger partial charge in [-0.3, -0.25) is 0 Å². The van der Waals surface area contributed by atoms with Crippen molar-refractivity contribution in [2.45, 2.75) is 14.0 Å². The molecule has 0 radical (unpaired) electrons. The van der Waals surface area contributed by atoms with Crippen molar-refractivity contribution in [3.63, 3.8) is 0 Å². The van der Waals surface area contributed by atoms with E-state index in [1.54, 1.807) is 17.4 Å². The quantitative estimate of drug-likeness (QED) is 0.846. The standard InChI is InChI=1S/C10H10N2O2S3/c11-8-4-3-7(17(12,13)14)6-9(8)16-10-2-1-5-15-10/h1-6H,11H2,(H2,12,13,14). The summed E-state index contributed by atoms with van der Waals surface area (Å²) in [5, 5.41) is 7.02. The van der Waals surface area contributed by atoms with Crippen molar-refractivity contribution < 1.29 is 8.42 Å². The number of anilines is 1. The fraction of sp³-hybridized carbons (Fsp3) is 0. The van der Waals surface area contributed by atoms with Crippen LogP contribution < -0.4 is 10.9 Å². The Labute approximate surface area is 108 Å². The van der Waals surface area contributed by atoms with Crippen molar-refractivity contribution in [3.8, 4) is 0 Å². The van der Waals surface area contributed by atoms with Crippen molar-refractivity contribution in [2.24, 2.45) is 5.14 Å². The fourth-order valence-corrected chi connectivity index (χ4v) is 3.64. The Balaban J connectivity index is 2.40. The van der Waals surface area contributed by atoms with Gasteiger partial charge in [0.25, 0.3) is 0 Å². The highest BCUT2D eigenvalue weighted by molar-refractivity contribution is 8.01. The molecule has 1 aromatic heterocycles. The predicted molar refractivity (Wildman–Crippen MR) is 70.7 cm³/mol. The highest BCUT2D eigenvalue weighted by atomic mass is 32.2. The molecule has 0 aliphatic heterocycles. The summed E-state index contributed by atoms with van der Waals surface area (Å²) in [5.74, 6) is 0. The summed E-state index contributed by atoms with van der Waals surface area (Å²) in [6, 6.07) is 8.32. The summed E-state index contributed by atoms with van der Waals surface area (Å²) in [6.45, 7) is 0. The highest BCUT2D eigenvalue weighted by Gasteiger charge is 2.11. The van der Waals surface area contributed by atoms with Gasteiger partial charge in [0.05, 0.1) is 9.10 Å². The maximum absolute atomic E-state index is 11.2. The molecule has 0 aliphatic rings. The molecule has 4 nitrogen and oxygen atoms in total. The first-order chi connectivity index (χ1) is 7.97. The van der Waals surface area contributed by atoms with Gasteiger partial charge in [0, 0.05) is 10.6 Å². The minimum Gasteiger partial charge on any atom is -0.398 e. The second-order valence-corrected chi connectivity index (χ2v) is 7.13. The molecule has 90 valence electrons. The molecule has 0 saturated carbocycles. The van der Waals surface area contributed by atoms with Crippen LogP contribution in [0.2, 0.25) is 0 Å². The van der Waals surface area contributed by atoms with Crippen molar-refractivity contribution in [3.05, 3.63) is 35.7 Å². The second-order valence-electron chi connectivity index (χ2n) is 3.28. The van der Waals surface area contributed by atoms with E-state index in [1.807, 2.05) is 17.5 Å². The number of primary sulfonamides is 1. The van der Waals surface area contributed by atoms with Crippen LogP contribution in [0.3, 0.4) is 0 Å². The summed E-state index contributed by atoms with van der Waals surface area (Å²) in [7, 11) is -3.69. The van der Waals surface area contributed by atoms with Crippen molar-refractivity contribution in [1.82, 2.24) is 0 Å². The SMILES string of the molecule is Nc1ccc(S(N)(=O)=O)cc1Sc1cccs1. The van der Waals surface area contributed by atoms with Crippen LogP contribution in [-0.4, -0.2) is 8.42 Å². The van der Waals surface area contributed by atoms with Crippen LogP contribution in [0, 0.1) is 0 Å². The van der Waals surface area contributed by atoms with E-state index in [9.17, 15) is 8.42 Å². The molecule has 2 rings (SSSR count). The first-order valence-corrected chi connectivity index (χ1v) is 7.85. The first kappa shape index (κ1) is 12.4. The van der Waals surface area contributed by atoms with Gasteiger partial charge in [-0.05, 0) is 29.6 Å². The molecule has 4 N–H and O–H groups in total. The lowest BCUT2D eigenvalue weighted by molar-refractivity contribution is 0.597. The maximum Gasteiger partial charge on any atom is 0.238 e. The van der Waals surface area contributed by atoms with Crippen molar-refractivity contribution in [1.29, 1.82) is 0 Å². The zero-order valence-electron chi connectivity index (χ0n) is 8.66. The molecule has 0 saturated heterocycles. The Morgan fingerprint density at radius 1 is 1.24 bits per heavy atom. The number of benzene rings is 1. The van der Waals surface area contributed by atoms with Crippen LogP contribution in [0.1, 0.15) is 0 Å². The van der Waals surface area contributed by atoms with Crippen LogP contribution in [0.5, 0.6) is 0 Å². The molecule has 0 aliphatic carbocycles. The number of hydrogen-bond donors (Lipinski definition) is 2. The van der Waals surface area contributed by atoms with Crippen LogP contribution >= 0.6 is 23.1 Å². The molecular formula is C10H10N2O2S3. The lowest BCUT2D eigenvalue weighted by Crippen LogP contribution is -2.12. The van der Waals surface area contributed by atoms with Crippen LogP contribution in [0.15, 0.2) is 49.7 Å². The molecule has 0 bridgehead atoms. The van der Waals surface area contributed by atoms with Gasteiger partial charge < -0.3 is 5.73 Å². The average molecular weight is 286 g/mol. The topological polar surface area (TPSA) is 86.2 Å². The summed E-state index contributed by atoms with van der Waals surface area (Å²) in [6.07, 6.45) is 0. The third-order valence-electron chi connectivity index (χ3n) is 2.02. The number of thiophene rings is 1. The van der Waals surface area contributed by atoms with E-state index in [4.69, 9.17) is 10.9 Å². The van der Waals surface area contributed by atoms with E-state index in [2.05, 4.69) is 0 Å². The number of sulfonamides is 1. The Kier molecular flexibility index (Phi) is 3.43. The summed E-state index contributed by atoms with van der Waals surface area (Å²) >= 11 is 2.99. The molecule has 1 heterocycles. The molecule has 0 fully saturated rings. The minimum atomic E-state index is -3.69. The Hall–Kier alpha value is -1.02. The molecule has 0 atom stereocenters. The zero-order valence-corrected chi connectivity index (χ0v) is 11.1. The van der Waals surface area contributed by atoms with Crippen LogP contribution in [-0.2, 0) is 10.0 Å². The molecular weight excluding hydrogens is 276 g/mol. The van der Waals surface area contributed by atoms with Gasteiger partial charge in [0.1, 0.15) is 0 Å². The lowest BCUT2D eigenvalue weighted by Gasteiger charge is -2.05. The Morgan fingerprint density at radius 2 is 2.00 bits per heavy atom. The molecule has 7 heteroatoms. The smallest absolute Gasteiger partial charge is 0.238 e. The van der Waals surface area contributed by atoms with Crippen molar-refractivity contribution >= 4 is 38.8 Å².